The van der Waals surface area contributed by atoms with Crippen LogP contribution in [0.1, 0.15) is 0 Å². The lowest BCUT2D eigenvalue weighted by Gasteiger charge is -2.08. The number of aromatic amines is 1. The van der Waals surface area contributed by atoms with E-state index in [1.807, 2.05) is 0 Å². The fraction of sp³-hybridized carbons (Fsp3) is 0.188. The molecule has 124 valence electrons. The van der Waals surface area contributed by atoms with Gasteiger partial charge in [0.1, 0.15) is 12.3 Å². The summed E-state index contributed by atoms with van der Waals surface area (Å²) in [4.78, 5) is 10.5. The number of H-pyrrole nitrogens is 1. The first kappa shape index (κ1) is 15.9. The number of nitrogens with one attached hydrogen (secondary N) is 1. The molecular formula is C16H14FN3O4. The lowest BCUT2D eigenvalue weighted by Crippen LogP contribution is -2.05. The van der Waals surface area contributed by atoms with Crippen LogP contribution in [0.2, 0.25) is 0 Å². The van der Waals surface area contributed by atoms with Crippen LogP contribution in [0, 0.1) is 15.9 Å². The molecule has 0 aliphatic rings. The van der Waals surface area contributed by atoms with Crippen LogP contribution < -0.4 is 4.74 Å². The fourth-order valence-electron chi connectivity index (χ4n) is 2.33. The van der Waals surface area contributed by atoms with Crippen molar-refractivity contribution in [2.24, 2.45) is 0 Å². The van der Waals surface area contributed by atoms with Crippen LogP contribution in [0.4, 0.5) is 10.1 Å². The Bertz CT molecular complexity index is 894. The molecule has 0 unspecified atom stereocenters. The number of hydrogen-bond acceptors (Lipinski definition) is 5. The maximum absolute atomic E-state index is 13.8. The lowest BCUT2D eigenvalue weighted by molar-refractivity contribution is -0.384. The molecular weight excluding hydrogens is 317 g/mol. The smallest absolute Gasteiger partial charge is 0.270 e. The molecule has 2 aromatic carbocycles. The summed E-state index contributed by atoms with van der Waals surface area (Å²) >= 11 is 0. The van der Waals surface area contributed by atoms with E-state index in [1.54, 1.807) is 12.1 Å². The second-order valence-electron chi connectivity index (χ2n) is 5.05. The zero-order valence-electron chi connectivity index (χ0n) is 12.8. The van der Waals surface area contributed by atoms with Crippen LogP contribution in [-0.4, -0.2) is 35.4 Å². The number of hydrogen-bond donors (Lipinski definition) is 1. The number of methoxy groups -OCH3 is 1. The van der Waals surface area contributed by atoms with Crippen molar-refractivity contribution in [2.45, 2.75) is 0 Å². The first-order chi connectivity index (χ1) is 11.6. The fourth-order valence-corrected chi connectivity index (χ4v) is 2.33. The number of ether oxygens (including phenoxy) is 2. The van der Waals surface area contributed by atoms with Gasteiger partial charge in [-0.25, -0.2) is 4.39 Å². The van der Waals surface area contributed by atoms with Gasteiger partial charge in [0, 0.05) is 30.2 Å². The molecule has 0 bridgehead atoms. The van der Waals surface area contributed by atoms with Gasteiger partial charge in [-0.2, -0.15) is 5.10 Å². The molecule has 0 fully saturated rings. The summed E-state index contributed by atoms with van der Waals surface area (Å²) in [5, 5.41) is 18.5. The number of nitro benzene ring substituents is 1. The summed E-state index contributed by atoms with van der Waals surface area (Å²) < 4.78 is 24.1. The van der Waals surface area contributed by atoms with Crippen molar-refractivity contribution in [1.82, 2.24) is 10.2 Å². The molecule has 0 saturated heterocycles. The van der Waals surface area contributed by atoms with Crippen LogP contribution in [0.3, 0.4) is 0 Å². The molecule has 1 N–H and O–H groups in total. The van der Waals surface area contributed by atoms with E-state index in [-0.39, 0.29) is 18.0 Å². The van der Waals surface area contributed by atoms with Crippen molar-refractivity contribution in [3.05, 3.63) is 52.3 Å². The van der Waals surface area contributed by atoms with E-state index in [9.17, 15) is 14.5 Å². The van der Waals surface area contributed by atoms with Crippen molar-refractivity contribution in [2.75, 3.05) is 20.3 Å². The third kappa shape index (κ3) is 3.04. The number of nitro groups is 1. The van der Waals surface area contributed by atoms with Crippen LogP contribution in [-0.2, 0) is 4.74 Å². The monoisotopic (exact) mass is 331 g/mol. The number of fused-ring (bicyclic) bond motifs is 1. The van der Waals surface area contributed by atoms with Crippen molar-refractivity contribution in [1.29, 1.82) is 0 Å². The molecule has 24 heavy (non-hydrogen) atoms. The minimum Gasteiger partial charge on any atom is -0.488 e. The first-order valence-corrected chi connectivity index (χ1v) is 7.14. The largest absolute Gasteiger partial charge is 0.488 e. The minimum atomic E-state index is -0.499. The SMILES string of the molecule is COCCOc1cc(-c2n[nH]c3ccc([N+](=O)[O-])cc23)ccc1F. The normalized spacial score (nSPS) is 10.9. The number of nitrogens with zero attached hydrogens (tertiary/aromatic N) is 2. The maximum Gasteiger partial charge on any atom is 0.270 e. The molecule has 3 aromatic rings. The van der Waals surface area contributed by atoms with Crippen molar-refractivity contribution >= 4 is 16.6 Å². The number of non-ortho nitro benzene ring substituents is 1. The molecule has 3 rings (SSSR count). The van der Waals surface area contributed by atoms with E-state index >= 15 is 0 Å². The van der Waals surface area contributed by atoms with Crippen molar-refractivity contribution in [3.8, 4) is 17.0 Å². The molecule has 1 heterocycles. The summed E-state index contributed by atoms with van der Waals surface area (Å²) in [6, 6.07) is 8.75. The topological polar surface area (TPSA) is 90.3 Å². The molecule has 0 aliphatic heterocycles. The summed E-state index contributed by atoms with van der Waals surface area (Å²) in [6.45, 7) is 0.546. The zero-order chi connectivity index (χ0) is 17.1. The number of rotatable bonds is 6. The highest BCUT2D eigenvalue weighted by atomic mass is 19.1. The Morgan fingerprint density at radius 3 is 2.83 bits per heavy atom. The van der Waals surface area contributed by atoms with Gasteiger partial charge in [-0.1, -0.05) is 0 Å². The summed E-state index contributed by atoms with van der Waals surface area (Å²) in [5.41, 5.74) is 1.70. The molecule has 1 aromatic heterocycles. The predicted molar refractivity (Wildman–Crippen MR) is 85.5 cm³/mol. The molecule has 0 amide bonds. The summed E-state index contributed by atoms with van der Waals surface area (Å²) in [6.07, 6.45) is 0. The van der Waals surface area contributed by atoms with Crippen LogP contribution in [0.15, 0.2) is 36.4 Å². The molecule has 0 aliphatic carbocycles. The predicted octanol–water partition coefficient (Wildman–Crippen LogP) is 3.30. The van der Waals surface area contributed by atoms with Gasteiger partial charge >= 0.3 is 0 Å². The van der Waals surface area contributed by atoms with Crippen molar-refractivity contribution < 1.29 is 18.8 Å². The number of halogens is 1. The van der Waals surface area contributed by atoms with Gasteiger partial charge in [0.05, 0.1) is 17.0 Å². The molecule has 8 heteroatoms. The molecule has 0 spiro atoms. The van der Waals surface area contributed by atoms with E-state index in [4.69, 9.17) is 9.47 Å². The summed E-state index contributed by atoms with van der Waals surface area (Å²) in [5.74, 6) is -0.424. The quantitative estimate of drug-likeness (QED) is 0.425. The van der Waals surface area contributed by atoms with Crippen LogP contribution >= 0.6 is 0 Å². The van der Waals surface area contributed by atoms with E-state index < -0.39 is 10.7 Å². The average molecular weight is 331 g/mol. The average Bonchev–Trinajstić information content (AvgIpc) is 3.00. The Morgan fingerprint density at radius 2 is 2.08 bits per heavy atom. The molecule has 0 atom stereocenters. The third-order valence-corrected chi connectivity index (χ3v) is 3.51. The van der Waals surface area contributed by atoms with E-state index in [2.05, 4.69) is 10.2 Å². The standard InChI is InChI=1S/C16H14FN3O4/c1-23-6-7-24-15-8-10(2-4-13(15)17)16-12-9-11(20(21)22)3-5-14(12)18-19-16/h2-5,8-9H,6-7H2,1H3,(H,18,19). The number of benzene rings is 2. The van der Waals surface area contributed by atoms with Gasteiger partial charge in [0.15, 0.2) is 11.6 Å². The third-order valence-electron chi connectivity index (χ3n) is 3.51. The van der Waals surface area contributed by atoms with Gasteiger partial charge in [-0.15, -0.1) is 0 Å². The molecule has 0 saturated carbocycles. The Kier molecular flexibility index (Phi) is 4.39. The van der Waals surface area contributed by atoms with E-state index in [0.29, 0.717) is 28.8 Å². The highest BCUT2D eigenvalue weighted by molar-refractivity contribution is 5.94. The highest BCUT2D eigenvalue weighted by Gasteiger charge is 2.15. The van der Waals surface area contributed by atoms with Gasteiger partial charge in [-0.3, -0.25) is 15.2 Å². The number of aromatic nitrogens is 2. The Morgan fingerprint density at radius 1 is 1.25 bits per heavy atom. The Hall–Kier alpha value is -3.00. The minimum absolute atomic E-state index is 0.0381. The second-order valence-corrected chi connectivity index (χ2v) is 5.05. The first-order valence-electron chi connectivity index (χ1n) is 7.14. The highest BCUT2D eigenvalue weighted by Crippen LogP contribution is 2.32. The van der Waals surface area contributed by atoms with Crippen LogP contribution in [0.5, 0.6) is 5.75 Å². The lowest BCUT2D eigenvalue weighted by atomic mass is 10.1. The van der Waals surface area contributed by atoms with E-state index in [0.717, 1.165) is 0 Å². The van der Waals surface area contributed by atoms with E-state index in [1.165, 1.54) is 31.4 Å². The summed E-state index contributed by atoms with van der Waals surface area (Å²) in [7, 11) is 1.53. The van der Waals surface area contributed by atoms with Crippen molar-refractivity contribution in [3.63, 3.8) is 0 Å². The second kappa shape index (κ2) is 6.63. The van der Waals surface area contributed by atoms with Crippen LogP contribution in [0.25, 0.3) is 22.2 Å². The van der Waals surface area contributed by atoms with Gasteiger partial charge in [-0.05, 0) is 24.3 Å². The zero-order valence-corrected chi connectivity index (χ0v) is 12.8. The Balaban J connectivity index is 2.02. The maximum atomic E-state index is 13.8. The van der Waals surface area contributed by atoms with Gasteiger partial charge in [0.25, 0.3) is 5.69 Å². The van der Waals surface area contributed by atoms with Gasteiger partial charge < -0.3 is 9.47 Å². The van der Waals surface area contributed by atoms with Gasteiger partial charge in [0.2, 0.25) is 0 Å². The molecule has 0 radical (unpaired) electrons. The Labute approximate surface area is 136 Å². The molecule has 7 nitrogen and oxygen atoms in total.